The molecule has 9 nitrogen and oxygen atoms in total. The first-order valence-corrected chi connectivity index (χ1v) is 17.7. The van der Waals surface area contributed by atoms with E-state index in [2.05, 4.69) is 16.4 Å². The van der Waals surface area contributed by atoms with E-state index in [1.165, 1.54) is 11.8 Å². The van der Waals surface area contributed by atoms with Gasteiger partial charge < -0.3 is 19.9 Å². The molecule has 0 aliphatic rings. The Balaban J connectivity index is 1.27. The van der Waals surface area contributed by atoms with Crippen molar-refractivity contribution in [2.75, 3.05) is 19.5 Å². The number of nitriles is 1. The molecule has 2 aromatic heterocycles. The van der Waals surface area contributed by atoms with Gasteiger partial charge in [-0.3, -0.25) is 4.79 Å². The van der Waals surface area contributed by atoms with Crippen molar-refractivity contribution in [1.29, 1.82) is 5.26 Å². The Bertz CT molecular complexity index is 2540. The topological polar surface area (TPSA) is 134 Å². The van der Waals surface area contributed by atoms with E-state index in [9.17, 15) is 20.0 Å². The van der Waals surface area contributed by atoms with Crippen LogP contribution in [0.3, 0.4) is 0 Å². The van der Waals surface area contributed by atoms with Gasteiger partial charge in [0.05, 0.1) is 42.3 Å². The molecule has 1 atom stereocenters. The van der Waals surface area contributed by atoms with Gasteiger partial charge >= 0.3 is 5.97 Å². The van der Waals surface area contributed by atoms with E-state index in [-0.39, 0.29) is 17.0 Å². The summed E-state index contributed by atoms with van der Waals surface area (Å²) in [5.74, 6) is -0.387. The lowest BCUT2D eigenvalue weighted by molar-refractivity contribution is -0.115. The molecule has 264 valence electrons. The lowest BCUT2D eigenvalue weighted by Gasteiger charge is -2.20. The molecule has 54 heavy (non-hydrogen) atoms. The third-order valence-corrected chi connectivity index (χ3v) is 10.1. The molecule has 2 heterocycles. The number of fused-ring (bicyclic) bond motifs is 1. The number of nitrogens with one attached hydrogen (secondary N) is 1. The Kier molecular flexibility index (Phi) is 10.3. The predicted molar refractivity (Wildman–Crippen MR) is 211 cm³/mol. The number of hydrogen-bond acceptors (Lipinski definition) is 8. The van der Waals surface area contributed by atoms with Gasteiger partial charge in [-0.15, -0.1) is 0 Å². The quantitative estimate of drug-likeness (QED) is 0.125. The van der Waals surface area contributed by atoms with Crippen molar-refractivity contribution >= 4 is 40.2 Å². The van der Waals surface area contributed by atoms with Gasteiger partial charge in [0, 0.05) is 33.3 Å². The third kappa shape index (κ3) is 7.21. The van der Waals surface area contributed by atoms with Gasteiger partial charge in [-0.2, -0.15) is 5.26 Å². The minimum atomic E-state index is -1.04. The maximum absolute atomic E-state index is 14.3. The molecular formula is C44H32N4O5S. The highest BCUT2D eigenvalue weighted by atomic mass is 32.2. The Morgan fingerprint density at radius 1 is 0.741 bits per heavy atom. The average molecular weight is 729 g/mol. The Hall–Kier alpha value is -6.96. The van der Waals surface area contributed by atoms with Gasteiger partial charge in [-0.25, -0.2) is 14.8 Å². The fourth-order valence-corrected chi connectivity index (χ4v) is 7.34. The van der Waals surface area contributed by atoms with Crippen LogP contribution in [0.25, 0.3) is 44.5 Å². The summed E-state index contributed by atoms with van der Waals surface area (Å²) in [5.41, 5.74) is 6.13. The minimum absolute atomic E-state index is 0.158. The second-order valence-corrected chi connectivity index (χ2v) is 13.2. The van der Waals surface area contributed by atoms with Crippen LogP contribution >= 0.6 is 11.8 Å². The van der Waals surface area contributed by atoms with Gasteiger partial charge in [-0.05, 0) is 42.0 Å². The normalized spacial score (nSPS) is 11.4. The van der Waals surface area contributed by atoms with Crippen LogP contribution in [0.5, 0.6) is 11.5 Å². The van der Waals surface area contributed by atoms with Crippen LogP contribution in [0.4, 0.5) is 5.69 Å². The standard InChI is InChI=1S/C44H32N4O5S/c1-52-39-19-11-17-32(40(39)53-2)33-24-38(27-12-5-3-6-13-27)48-43(35(33)26-45)54-41(29-14-7-4-8-15-29)42(49)46-30-22-20-28(21-23-30)37-25-34(44(50)51)31-16-9-10-18-36(31)47-37/h3-25,41H,1-2H3,(H,46,49)(H,50,51). The molecule has 0 saturated carbocycles. The summed E-state index contributed by atoms with van der Waals surface area (Å²) in [6, 6.07) is 44.4. The number of hydrogen-bond donors (Lipinski definition) is 2. The van der Waals surface area contributed by atoms with E-state index >= 15 is 0 Å². The van der Waals surface area contributed by atoms with Gasteiger partial charge in [-0.1, -0.05) is 115 Å². The highest BCUT2D eigenvalue weighted by Gasteiger charge is 2.27. The molecule has 10 heteroatoms. The molecule has 0 aliphatic carbocycles. The van der Waals surface area contributed by atoms with Gasteiger partial charge in [0.15, 0.2) is 11.5 Å². The van der Waals surface area contributed by atoms with Gasteiger partial charge in [0.1, 0.15) is 16.3 Å². The summed E-state index contributed by atoms with van der Waals surface area (Å²) in [6.45, 7) is 0. The minimum Gasteiger partial charge on any atom is -0.493 e. The van der Waals surface area contributed by atoms with Crippen LogP contribution in [0.1, 0.15) is 26.7 Å². The third-order valence-electron chi connectivity index (χ3n) is 8.83. The summed E-state index contributed by atoms with van der Waals surface area (Å²) in [7, 11) is 3.11. The maximum atomic E-state index is 14.3. The number of benzene rings is 5. The number of ether oxygens (including phenoxy) is 2. The average Bonchev–Trinajstić information content (AvgIpc) is 3.22. The van der Waals surface area contributed by atoms with E-state index in [1.54, 1.807) is 68.8 Å². The highest BCUT2D eigenvalue weighted by molar-refractivity contribution is 8.00. The molecule has 0 spiro atoms. The predicted octanol–water partition coefficient (Wildman–Crippen LogP) is 9.69. The summed E-state index contributed by atoms with van der Waals surface area (Å²) < 4.78 is 11.4. The molecule has 2 N–H and O–H groups in total. The number of rotatable bonds is 11. The number of carboxylic acid groups (broad SMARTS) is 1. The molecule has 0 radical (unpaired) electrons. The van der Waals surface area contributed by atoms with Crippen molar-refractivity contribution in [2.45, 2.75) is 10.3 Å². The van der Waals surface area contributed by atoms with Crippen LogP contribution in [-0.2, 0) is 4.79 Å². The number of carbonyl (C=O) groups is 2. The zero-order valence-electron chi connectivity index (χ0n) is 29.2. The zero-order chi connectivity index (χ0) is 37.6. The number of methoxy groups -OCH3 is 2. The number of aromatic nitrogens is 2. The molecular weight excluding hydrogens is 697 g/mol. The number of aromatic carboxylic acids is 1. The number of carbonyl (C=O) groups excluding carboxylic acids is 1. The monoisotopic (exact) mass is 728 g/mol. The summed E-state index contributed by atoms with van der Waals surface area (Å²) >= 11 is 1.18. The molecule has 0 bridgehead atoms. The van der Waals surface area contributed by atoms with Crippen LogP contribution < -0.4 is 14.8 Å². The second-order valence-electron chi connectivity index (χ2n) is 12.1. The first-order chi connectivity index (χ1) is 26.4. The van der Waals surface area contributed by atoms with Crippen molar-refractivity contribution in [2.24, 2.45) is 0 Å². The highest BCUT2D eigenvalue weighted by Crippen LogP contribution is 2.45. The van der Waals surface area contributed by atoms with Crippen LogP contribution in [-0.4, -0.2) is 41.2 Å². The van der Waals surface area contributed by atoms with Crippen LogP contribution in [0, 0.1) is 11.3 Å². The Morgan fingerprint density at radius 3 is 2.09 bits per heavy atom. The fourth-order valence-electron chi connectivity index (χ4n) is 6.23. The first-order valence-electron chi connectivity index (χ1n) is 16.9. The smallest absolute Gasteiger partial charge is 0.336 e. The first kappa shape index (κ1) is 35.4. The number of nitrogens with zero attached hydrogens (tertiary/aromatic N) is 3. The molecule has 5 aromatic carbocycles. The number of para-hydroxylation sites is 2. The van der Waals surface area contributed by atoms with Crippen molar-refractivity contribution in [3.05, 3.63) is 156 Å². The number of carboxylic acids is 1. The second kappa shape index (κ2) is 15.7. The molecule has 0 fully saturated rings. The van der Waals surface area contributed by atoms with Gasteiger partial charge in [0.2, 0.25) is 5.91 Å². The molecule has 1 unspecified atom stereocenters. The maximum Gasteiger partial charge on any atom is 0.336 e. The molecule has 7 rings (SSSR count). The molecule has 7 aromatic rings. The van der Waals surface area contributed by atoms with Crippen molar-refractivity contribution in [3.8, 4) is 51.2 Å². The molecule has 0 saturated heterocycles. The number of amides is 1. The van der Waals surface area contributed by atoms with Crippen LogP contribution in [0.15, 0.2) is 145 Å². The zero-order valence-corrected chi connectivity index (χ0v) is 30.0. The van der Waals surface area contributed by atoms with Crippen molar-refractivity contribution < 1.29 is 24.2 Å². The van der Waals surface area contributed by atoms with Crippen molar-refractivity contribution in [3.63, 3.8) is 0 Å². The van der Waals surface area contributed by atoms with E-state index in [4.69, 9.17) is 14.5 Å². The lowest BCUT2D eigenvalue weighted by Crippen LogP contribution is -2.19. The summed E-state index contributed by atoms with van der Waals surface area (Å²) in [6.07, 6.45) is 0. The van der Waals surface area contributed by atoms with E-state index in [0.717, 1.165) is 11.1 Å². The largest absolute Gasteiger partial charge is 0.493 e. The fraction of sp³-hybridized carbons (Fsp3) is 0.0682. The molecule has 1 amide bonds. The summed E-state index contributed by atoms with van der Waals surface area (Å²) in [4.78, 5) is 36.0. The Morgan fingerprint density at radius 2 is 1.41 bits per heavy atom. The lowest BCUT2D eigenvalue weighted by atomic mass is 9.98. The van der Waals surface area contributed by atoms with E-state index in [1.807, 2.05) is 84.9 Å². The SMILES string of the molecule is COc1cccc(-c2cc(-c3ccccc3)nc(SC(C(=O)Nc3ccc(-c4cc(C(=O)O)c5ccccc5n4)cc3)c3ccccc3)c2C#N)c1OC. The Labute approximate surface area is 315 Å². The van der Waals surface area contributed by atoms with Gasteiger partial charge in [0.25, 0.3) is 0 Å². The summed E-state index contributed by atoms with van der Waals surface area (Å²) in [5, 5.41) is 23.7. The number of thioether (sulfide) groups is 1. The molecule has 0 aliphatic heterocycles. The van der Waals surface area contributed by atoms with Crippen molar-refractivity contribution in [1.82, 2.24) is 9.97 Å². The van der Waals surface area contributed by atoms with E-state index < -0.39 is 11.2 Å². The number of pyridine rings is 2. The van der Waals surface area contributed by atoms with Crippen LogP contribution in [0.2, 0.25) is 0 Å². The van der Waals surface area contributed by atoms with E-state index in [0.29, 0.717) is 61.2 Å². The number of anilines is 1.